The first-order valence-electron chi connectivity index (χ1n) is 10.1. The standard InChI is InChI=1S/C20H30FN3O3S/c1-15(18-13-17(7-8-19(18)21)27-14-16-5-6-16)23-28(26)12-4-2-3-10-24-11-9-22-20(24)25/h7-8,13,15-16,23H,2-6,9-12,14H2,1H3,(H,22,25)/t15-,28?/m0/s1. The molecule has 1 aromatic carbocycles. The molecule has 0 radical (unpaired) electrons. The predicted molar refractivity (Wildman–Crippen MR) is 108 cm³/mol. The van der Waals surface area contributed by atoms with Crippen LogP contribution in [0.25, 0.3) is 0 Å². The van der Waals surface area contributed by atoms with Crippen molar-refractivity contribution in [3.63, 3.8) is 0 Å². The highest BCUT2D eigenvalue weighted by atomic mass is 32.2. The largest absolute Gasteiger partial charge is 0.493 e. The second kappa shape index (κ2) is 10.2. The van der Waals surface area contributed by atoms with E-state index in [1.807, 2.05) is 6.92 Å². The van der Waals surface area contributed by atoms with Crippen LogP contribution < -0.4 is 14.8 Å². The van der Waals surface area contributed by atoms with Gasteiger partial charge in [0.05, 0.1) is 17.6 Å². The predicted octanol–water partition coefficient (Wildman–Crippen LogP) is 3.12. The smallest absolute Gasteiger partial charge is 0.317 e. The van der Waals surface area contributed by atoms with Gasteiger partial charge in [0.15, 0.2) is 0 Å². The van der Waals surface area contributed by atoms with Crippen molar-refractivity contribution in [3.8, 4) is 5.75 Å². The van der Waals surface area contributed by atoms with Crippen LogP contribution in [0, 0.1) is 11.7 Å². The molecule has 1 saturated heterocycles. The molecule has 1 unspecified atom stereocenters. The number of hydrogen-bond donors (Lipinski definition) is 2. The number of unbranched alkanes of at least 4 members (excludes halogenated alkanes) is 2. The summed E-state index contributed by atoms with van der Waals surface area (Å²) >= 11 is 0. The van der Waals surface area contributed by atoms with Gasteiger partial charge in [-0.3, -0.25) is 0 Å². The summed E-state index contributed by atoms with van der Waals surface area (Å²) in [4.78, 5) is 13.3. The summed E-state index contributed by atoms with van der Waals surface area (Å²) in [6.07, 6.45) is 5.01. The van der Waals surface area contributed by atoms with E-state index in [0.717, 1.165) is 32.4 Å². The summed E-state index contributed by atoms with van der Waals surface area (Å²) in [6.45, 7) is 4.71. The van der Waals surface area contributed by atoms with Gasteiger partial charge in [-0.25, -0.2) is 18.1 Å². The number of carbonyl (C=O) groups is 1. The molecule has 1 aromatic rings. The van der Waals surface area contributed by atoms with E-state index in [2.05, 4.69) is 10.0 Å². The molecule has 2 aliphatic rings. The monoisotopic (exact) mass is 411 g/mol. The molecular weight excluding hydrogens is 381 g/mol. The lowest BCUT2D eigenvalue weighted by molar-refractivity contribution is 0.216. The van der Waals surface area contributed by atoms with Gasteiger partial charge in [-0.05, 0) is 56.7 Å². The summed E-state index contributed by atoms with van der Waals surface area (Å²) < 4.78 is 35.2. The summed E-state index contributed by atoms with van der Waals surface area (Å²) in [6, 6.07) is 4.40. The molecule has 1 aliphatic heterocycles. The Hall–Kier alpha value is -1.67. The van der Waals surface area contributed by atoms with Crippen molar-refractivity contribution in [2.75, 3.05) is 32.0 Å². The van der Waals surface area contributed by atoms with Gasteiger partial charge in [0.2, 0.25) is 0 Å². The molecule has 28 heavy (non-hydrogen) atoms. The molecule has 2 N–H and O–H groups in total. The summed E-state index contributed by atoms with van der Waals surface area (Å²) in [5, 5.41) is 2.78. The van der Waals surface area contributed by atoms with Crippen molar-refractivity contribution in [2.45, 2.75) is 45.1 Å². The van der Waals surface area contributed by atoms with Gasteiger partial charge in [0.25, 0.3) is 0 Å². The Morgan fingerprint density at radius 3 is 2.89 bits per heavy atom. The van der Waals surface area contributed by atoms with Crippen LogP contribution in [0.5, 0.6) is 5.75 Å². The minimum absolute atomic E-state index is 0.00411. The number of benzene rings is 1. The topological polar surface area (TPSA) is 70.7 Å². The number of ether oxygens (including phenoxy) is 1. The van der Waals surface area contributed by atoms with Crippen LogP contribution in [-0.4, -0.2) is 47.1 Å². The van der Waals surface area contributed by atoms with Crippen molar-refractivity contribution in [2.24, 2.45) is 5.92 Å². The maximum absolute atomic E-state index is 14.2. The fraction of sp³-hybridized carbons (Fsp3) is 0.650. The van der Waals surface area contributed by atoms with E-state index in [1.54, 1.807) is 17.0 Å². The lowest BCUT2D eigenvalue weighted by Gasteiger charge is -2.16. The zero-order chi connectivity index (χ0) is 19.9. The second-order valence-corrected chi connectivity index (χ2v) is 8.94. The molecule has 1 aliphatic carbocycles. The van der Waals surface area contributed by atoms with E-state index < -0.39 is 11.0 Å². The average molecular weight is 412 g/mol. The van der Waals surface area contributed by atoms with Crippen LogP contribution in [0.15, 0.2) is 18.2 Å². The minimum atomic E-state index is -1.23. The van der Waals surface area contributed by atoms with Gasteiger partial charge in [-0.15, -0.1) is 0 Å². The number of carbonyl (C=O) groups excluding carboxylic acids is 1. The van der Waals surface area contributed by atoms with Crippen molar-refractivity contribution < 1.29 is 18.1 Å². The quantitative estimate of drug-likeness (QED) is 0.519. The van der Waals surface area contributed by atoms with Crippen molar-refractivity contribution in [1.82, 2.24) is 14.9 Å². The lowest BCUT2D eigenvalue weighted by Crippen LogP contribution is -2.29. The van der Waals surface area contributed by atoms with E-state index in [1.165, 1.54) is 18.9 Å². The van der Waals surface area contributed by atoms with Crippen molar-refractivity contribution in [1.29, 1.82) is 0 Å². The zero-order valence-corrected chi connectivity index (χ0v) is 17.2. The van der Waals surface area contributed by atoms with Gasteiger partial charge >= 0.3 is 6.03 Å². The summed E-state index contributed by atoms with van der Waals surface area (Å²) in [5.74, 6) is 1.49. The Labute approximate surface area is 168 Å². The van der Waals surface area contributed by atoms with E-state index in [0.29, 0.717) is 36.1 Å². The molecule has 1 saturated carbocycles. The van der Waals surface area contributed by atoms with Crippen LogP contribution >= 0.6 is 0 Å². The van der Waals surface area contributed by atoms with Gasteiger partial charge in [0, 0.05) is 37.0 Å². The van der Waals surface area contributed by atoms with Crippen LogP contribution in [0.1, 0.15) is 50.6 Å². The molecular formula is C20H30FN3O3S. The number of hydrogen-bond acceptors (Lipinski definition) is 3. The summed E-state index contributed by atoms with van der Waals surface area (Å²) in [5.41, 5.74) is 0.474. The highest BCUT2D eigenvalue weighted by molar-refractivity contribution is 7.83. The Morgan fingerprint density at radius 2 is 2.18 bits per heavy atom. The Balaban J connectivity index is 1.37. The van der Waals surface area contributed by atoms with Gasteiger partial charge in [-0.2, -0.15) is 0 Å². The molecule has 0 aromatic heterocycles. The molecule has 0 spiro atoms. The fourth-order valence-corrected chi connectivity index (χ4v) is 4.30. The number of rotatable bonds is 12. The molecule has 0 bridgehead atoms. The highest BCUT2D eigenvalue weighted by Crippen LogP contribution is 2.30. The highest BCUT2D eigenvalue weighted by Gasteiger charge is 2.22. The van der Waals surface area contributed by atoms with Crippen LogP contribution in [-0.2, 0) is 11.0 Å². The number of nitrogens with zero attached hydrogens (tertiary/aromatic N) is 1. The molecule has 156 valence electrons. The Kier molecular flexibility index (Phi) is 7.67. The maximum Gasteiger partial charge on any atom is 0.317 e. The van der Waals surface area contributed by atoms with E-state index >= 15 is 0 Å². The minimum Gasteiger partial charge on any atom is -0.493 e. The Bertz CT molecular complexity index is 699. The number of nitrogens with one attached hydrogen (secondary N) is 2. The van der Waals surface area contributed by atoms with E-state index in [4.69, 9.17) is 4.74 Å². The normalized spacial score (nSPS) is 18.8. The van der Waals surface area contributed by atoms with Crippen LogP contribution in [0.4, 0.5) is 9.18 Å². The fourth-order valence-electron chi connectivity index (χ4n) is 3.20. The lowest BCUT2D eigenvalue weighted by atomic mass is 10.1. The molecule has 1 heterocycles. The van der Waals surface area contributed by atoms with Crippen molar-refractivity contribution in [3.05, 3.63) is 29.6 Å². The second-order valence-electron chi connectivity index (χ2n) is 7.61. The third-order valence-corrected chi connectivity index (χ3v) is 6.40. The number of amides is 2. The third-order valence-electron chi connectivity index (χ3n) is 5.13. The molecule has 2 atom stereocenters. The zero-order valence-electron chi connectivity index (χ0n) is 16.4. The third kappa shape index (κ3) is 6.44. The summed E-state index contributed by atoms with van der Waals surface area (Å²) in [7, 11) is -1.23. The molecule has 2 fully saturated rings. The van der Waals surface area contributed by atoms with Crippen LogP contribution in [0.3, 0.4) is 0 Å². The van der Waals surface area contributed by atoms with Gasteiger partial charge in [0.1, 0.15) is 11.6 Å². The molecule has 2 amide bonds. The van der Waals surface area contributed by atoms with E-state index in [9.17, 15) is 13.4 Å². The first-order valence-corrected chi connectivity index (χ1v) is 11.4. The first kappa shape index (κ1) is 21.0. The van der Waals surface area contributed by atoms with E-state index in [-0.39, 0.29) is 17.9 Å². The SMILES string of the molecule is C[C@H](NS(=O)CCCCCN1CCNC1=O)c1cc(OCC2CC2)ccc1F. The van der Waals surface area contributed by atoms with Gasteiger partial charge < -0.3 is 15.0 Å². The van der Waals surface area contributed by atoms with Crippen LogP contribution in [0.2, 0.25) is 0 Å². The van der Waals surface area contributed by atoms with Crippen molar-refractivity contribution >= 4 is 17.0 Å². The number of urea groups is 1. The maximum atomic E-state index is 14.2. The number of halogens is 1. The molecule has 6 nitrogen and oxygen atoms in total. The van der Waals surface area contributed by atoms with Gasteiger partial charge in [-0.1, -0.05) is 6.42 Å². The molecule has 8 heteroatoms. The first-order chi connectivity index (χ1) is 13.5. The Morgan fingerprint density at radius 1 is 1.36 bits per heavy atom. The molecule has 3 rings (SSSR count). The average Bonchev–Trinajstić information content (AvgIpc) is 3.41.